The molecular formula is C12H22N2O4. The number of amides is 2. The fourth-order valence-electron chi connectivity index (χ4n) is 1.83. The van der Waals surface area contributed by atoms with Gasteiger partial charge >= 0.3 is 12.0 Å². The van der Waals surface area contributed by atoms with Crippen LogP contribution in [0.2, 0.25) is 0 Å². The van der Waals surface area contributed by atoms with Crippen LogP contribution in [0.5, 0.6) is 0 Å². The van der Waals surface area contributed by atoms with E-state index in [2.05, 4.69) is 10.6 Å². The molecule has 0 aromatic carbocycles. The lowest BCUT2D eigenvalue weighted by Crippen LogP contribution is -2.47. The van der Waals surface area contributed by atoms with Crippen molar-refractivity contribution in [1.82, 2.24) is 10.6 Å². The van der Waals surface area contributed by atoms with Crippen molar-refractivity contribution in [2.75, 3.05) is 6.54 Å². The highest BCUT2D eigenvalue weighted by molar-refractivity contribution is 5.77. The normalized spacial score (nSPS) is 24.4. The number of hydrogen-bond donors (Lipinski definition) is 4. The summed E-state index contributed by atoms with van der Waals surface area (Å²) in [5.41, 5.74) is -0.972. The zero-order valence-corrected chi connectivity index (χ0v) is 10.9. The van der Waals surface area contributed by atoms with Gasteiger partial charge in [0, 0.05) is 12.6 Å². The average Bonchev–Trinajstić information content (AvgIpc) is 2.29. The number of hydrogen-bond acceptors (Lipinski definition) is 3. The maximum atomic E-state index is 11.6. The molecule has 0 unspecified atom stereocenters. The molecule has 18 heavy (non-hydrogen) atoms. The molecule has 0 spiro atoms. The van der Waals surface area contributed by atoms with Gasteiger partial charge in [-0.3, -0.25) is 4.79 Å². The van der Waals surface area contributed by atoms with Gasteiger partial charge in [0.15, 0.2) is 0 Å². The molecule has 0 aromatic rings. The van der Waals surface area contributed by atoms with Crippen LogP contribution in [0, 0.1) is 5.41 Å². The van der Waals surface area contributed by atoms with Crippen LogP contribution in [0.15, 0.2) is 0 Å². The zero-order chi connectivity index (χ0) is 13.8. The number of aliphatic carboxylic acids is 1. The number of carbonyl (C=O) groups excluding carboxylic acids is 1. The minimum Gasteiger partial charge on any atom is -0.481 e. The fourth-order valence-corrected chi connectivity index (χ4v) is 1.83. The van der Waals surface area contributed by atoms with Crippen LogP contribution in [-0.4, -0.2) is 40.9 Å². The third-order valence-electron chi connectivity index (χ3n) is 3.30. The third-order valence-corrected chi connectivity index (χ3v) is 3.30. The van der Waals surface area contributed by atoms with Gasteiger partial charge in [-0.25, -0.2) is 4.79 Å². The van der Waals surface area contributed by atoms with Gasteiger partial charge in [0.05, 0.1) is 11.5 Å². The minimum absolute atomic E-state index is 0.0707. The topological polar surface area (TPSA) is 98.7 Å². The lowest BCUT2D eigenvalue weighted by Gasteiger charge is -2.27. The Balaban J connectivity index is 2.28. The first-order chi connectivity index (χ1) is 8.31. The predicted octanol–water partition coefficient (Wildman–Crippen LogP) is 0.700. The molecule has 4 N–H and O–H groups in total. The smallest absolute Gasteiger partial charge is 0.315 e. The molecule has 0 atom stereocenters. The Morgan fingerprint density at radius 3 is 2.28 bits per heavy atom. The molecule has 0 saturated heterocycles. The minimum atomic E-state index is -0.972. The molecule has 0 aliphatic heterocycles. The van der Waals surface area contributed by atoms with Crippen LogP contribution in [0.1, 0.15) is 39.5 Å². The molecule has 1 rings (SSSR count). The summed E-state index contributed by atoms with van der Waals surface area (Å²) < 4.78 is 0. The van der Waals surface area contributed by atoms with E-state index in [1.165, 1.54) is 0 Å². The lowest BCUT2D eigenvalue weighted by atomic mass is 9.93. The molecule has 2 amide bonds. The summed E-state index contributed by atoms with van der Waals surface area (Å²) in [6.07, 6.45) is 2.67. The van der Waals surface area contributed by atoms with Crippen molar-refractivity contribution in [1.29, 1.82) is 0 Å². The van der Waals surface area contributed by atoms with Crippen LogP contribution in [0.4, 0.5) is 4.79 Å². The standard InChI is InChI=1S/C12H22N2O4/c1-12(2,10(16)17)7-13-11(18)14-8-3-5-9(15)6-4-8/h8-9,15H,3-7H2,1-2H3,(H,16,17)(H2,13,14,18). The van der Waals surface area contributed by atoms with Gasteiger partial charge in [-0.2, -0.15) is 0 Å². The number of carboxylic acids is 1. The molecule has 1 saturated carbocycles. The van der Waals surface area contributed by atoms with Gasteiger partial charge in [0.1, 0.15) is 0 Å². The number of carbonyl (C=O) groups is 2. The quantitative estimate of drug-likeness (QED) is 0.596. The molecule has 1 aliphatic rings. The maximum Gasteiger partial charge on any atom is 0.315 e. The lowest BCUT2D eigenvalue weighted by molar-refractivity contribution is -0.146. The third kappa shape index (κ3) is 4.52. The van der Waals surface area contributed by atoms with Crippen LogP contribution >= 0.6 is 0 Å². The number of aliphatic hydroxyl groups excluding tert-OH is 1. The van der Waals surface area contributed by atoms with E-state index in [0.29, 0.717) is 12.8 Å². The van der Waals surface area contributed by atoms with Crippen LogP contribution in [0.3, 0.4) is 0 Å². The summed E-state index contributed by atoms with van der Waals surface area (Å²) in [5, 5.41) is 23.6. The van der Waals surface area contributed by atoms with E-state index in [9.17, 15) is 14.7 Å². The van der Waals surface area contributed by atoms with Gasteiger partial charge in [0.25, 0.3) is 0 Å². The SMILES string of the molecule is CC(C)(CNC(=O)NC1CCC(O)CC1)C(=O)O. The van der Waals surface area contributed by atoms with E-state index < -0.39 is 11.4 Å². The van der Waals surface area contributed by atoms with Crippen molar-refractivity contribution in [2.24, 2.45) is 5.41 Å². The monoisotopic (exact) mass is 258 g/mol. The maximum absolute atomic E-state index is 11.6. The fraction of sp³-hybridized carbons (Fsp3) is 0.833. The van der Waals surface area contributed by atoms with E-state index in [1.54, 1.807) is 13.8 Å². The van der Waals surface area contributed by atoms with Crippen LogP contribution in [-0.2, 0) is 4.79 Å². The second kappa shape index (κ2) is 6.04. The molecule has 6 nitrogen and oxygen atoms in total. The number of carboxylic acid groups (broad SMARTS) is 1. The van der Waals surface area contributed by atoms with E-state index in [-0.39, 0.29) is 24.7 Å². The largest absolute Gasteiger partial charge is 0.481 e. The van der Waals surface area contributed by atoms with Gasteiger partial charge in [-0.15, -0.1) is 0 Å². The van der Waals surface area contributed by atoms with Gasteiger partial charge in [-0.1, -0.05) is 0 Å². The zero-order valence-electron chi connectivity index (χ0n) is 10.9. The molecule has 0 heterocycles. The van der Waals surface area contributed by atoms with E-state index in [4.69, 9.17) is 5.11 Å². The molecule has 1 fully saturated rings. The Bertz CT molecular complexity index is 309. The molecule has 1 aliphatic carbocycles. The van der Waals surface area contributed by atoms with E-state index in [1.807, 2.05) is 0 Å². The highest BCUT2D eigenvalue weighted by Crippen LogP contribution is 2.18. The Morgan fingerprint density at radius 2 is 1.78 bits per heavy atom. The number of aliphatic hydroxyl groups is 1. The first-order valence-electron chi connectivity index (χ1n) is 6.27. The summed E-state index contributed by atoms with van der Waals surface area (Å²) in [7, 11) is 0. The number of nitrogens with one attached hydrogen (secondary N) is 2. The Morgan fingerprint density at radius 1 is 1.22 bits per heavy atom. The van der Waals surface area contributed by atoms with Gasteiger partial charge in [0.2, 0.25) is 0 Å². The van der Waals surface area contributed by atoms with Crippen molar-refractivity contribution in [3.05, 3.63) is 0 Å². The summed E-state index contributed by atoms with van der Waals surface area (Å²) >= 11 is 0. The van der Waals surface area contributed by atoms with Crippen molar-refractivity contribution in [2.45, 2.75) is 51.7 Å². The highest BCUT2D eigenvalue weighted by atomic mass is 16.4. The van der Waals surface area contributed by atoms with Crippen LogP contribution in [0.25, 0.3) is 0 Å². The summed E-state index contributed by atoms with van der Waals surface area (Å²) in [6, 6.07) is -0.271. The van der Waals surface area contributed by atoms with Crippen LogP contribution < -0.4 is 10.6 Å². The summed E-state index contributed by atoms with van der Waals surface area (Å²) in [4.78, 5) is 22.4. The van der Waals surface area contributed by atoms with E-state index >= 15 is 0 Å². The number of rotatable bonds is 4. The Kier molecular flexibility index (Phi) is 4.95. The first-order valence-corrected chi connectivity index (χ1v) is 6.27. The van der Waals surface area contributed by atoms with Crippen molar-refractivity contribution in [3.8, 4) is 0 Å². The molecule has 0 aromatic heterocycles. The van der Waals surface area contributed by atoms with Gasteiger partial charge in [-0.05, 0) is 39.5 Å². The summed E-state index contributed by atoms with van der Waals surface area (Å²) in [5.74, 6) is -0.941. The Hall–Kier alpha value is -1.30. The van der Waals surface area contributed by atoms with E-state index in [0.717, 1.165) is 12.8 Å². The molecule has 104 valence electrons. The molecule has 0 bridgehead atoms. The predicted molar refractivity (Wildman–Crippen MR) is 66.2 cm³/mol. The molecule has 0 radical (unpaired) electrons. The van der Waals surface area contributed by atoms with Crippen molar-refractivity contribution < 1.29 is 19.8 Å². The summed E-state index contributed by atoms with van der Waals surface area (Å²) in [6.45, 7) is 3.21. The Labute approximate surface area is 107 Å². The van der Waals surface area contributed by atoms with Crippen molar-refractivity contribution in [3.63, 3.8) is 0 Å². The first kappa shape index (κ1) is 14.8. The molecule has 6 heteroatoms. The second-order valence-electron chi connectivity index (χ2n) is 5.52. The van der Waals surface area contributed by atoms with Crippen molar-refractivity contribution >= 4 is 12.0 Å². The number of urea groups is 1. The highest BCUT2D eigenvalue weighted by Gasteiger charge is 2.28. The van der Waals surface area contributed by atoms with Gasteiger partial charge < -0.3 is 20.8 Å². The molecular weight excluding hydrogens is 236 g/mol. The second-order valence-corrected chi connectivity index (χ2v) is 5.52. The average molecular weight is 258 g/mol.